The van der Waals surface area contributed by atoms with Crippen molar-refractivity contribution in [1.82, 2.24) is 15.8 Å². The Balaban J connectivity index is 2.04. The van der Waals surface area contributed by atoms with E-state index in [1.165, 1.54) is 0 Å². The number of hydrogen-bond donors (Lipinski definition) is 2. The predicted molar refractivity (Wildman–Crippen MR) is 74.4 cm³/mol. The average molecular weight is 256 g/mol. The van der Waals surface area contributed by atoms with Gasteiger partial charge in [-0.2, -0.15) is 0 Å². The highest BCUT2D eigenvalue weighted by atomic mass is 16.2. The van der Waals surface area contributed by atoms with Crippen LogP contribution < -0.4 is 10.9 Å². The Kier molecular flexibility index (Phi) is 3.75. The summed E-state index contributed by atoms with van der Waals surface area (Å²) in [6, 6.07) is 3.32. The molecule has 1 amide bonds. The van der Waals surface area contributed by atoms with Gasteiger partial charge in [0.1, 0.15) is 0 Å². The molecule has 1 aromatic rings. The Morgan fingerprint density at radius 2 is 1.84 bits per heavy atom. The van der Waals surface area contributed by atoms with Crippen LogP contribution in [0.2, 0.25) is 0 Å². The minimum Gasteiger partial charge on any atom is -0.302 e. The fourth-order valence-corrected chi connectivity index (χ4v) is 1.96. The van der Waals surface area contributed by atoms with Gasteiger partial charge in [0.25, 0.3) is 5.91 Å². The minimum atomic E-state index is -0.198. The van der Waals surface area contributed by atoms with Gasteiger partial charge < -0.3 is 5.43 Å². The molecule has 98 valence electrons. The third kappa shape index (κ3) is 2.88. The summed E-state index contributed by atoms with van der Waals surface area (Å²) in [5.74, 6) is -0.198. The zero-order chi connectivity index (χ0) is 13.8. The lowest BCUT2D eigenvalue weighted by Gasteiger charge is -2.12. The van der Waals surface area contributed by atoms with Gasteiger partial charge in [-0.3, -0.25) is 20.2 Å². The van der Waals surface area contributed by atoms with Crippen molar-refractivity contribution in [2.75, 3.05) is 0 Å². The van der Waals surface area contributed by atoms with Crippen LogP contribution in [0.4, 0.5) is 0 Å². The highest BCUT2D eigenvalue weighted by molar-refractivity contribution is 6.05. The number of hydrogen-bond acceptors (Lipinski definition) is 4. The van der Waals surface area contributed by atoms with Crippen molar-refractivity contribution in [3.05, 3.63) is 53.1 Å². The molecule has 2 heterocycles. The molecule has 0 radical (unpaired) electrons. The van der Waals surface area contributed by atoms with E-state index >= 15 is 0 Å². The molecular weight excluding hydrogens is 240 g/mol. The van der Waals surface area contributed by atoms with E-state index in [0.717, 1.165) is 22.6 Å². The summed E-state index contributed by atoms with van der Waals surface area (Å²) in [4.78, 5) is 20.0. The lowest BCUT2D eigenvalue weighted by Crippen LogP contribution is -2.37. The molecule has 0 spiro atoms. The van der Waals surface area contributed by atoms with Crippen molar-refractivity contribution in [1.29, 1.82) is 0 Å². The molecule has 1 aliphatic heterocycles. The van der Waals surface area contributed by atoms with E-state index < -0.39 is 0 Å². The van der Waals surface area contributed by atoms with Gasteiger partial charge in [-0.15, -0.1) is 0 Å². The van der Waals surface area contributed by atoms with E-state index in [0.29, 0.717) is 5.56 Å². The van der Waals surface area contributed by atoms with Crippen molar-refractivity contribution in [2.45, 2.75) is 20.8 Å². The maximum absolute atomic E-state index is 11.9. The van der Waals surface area contributed by atoms with E-state index in [9.17, 15) is 4.79 Å². The Hall–Kier alpha value is -2.43. The van der Waals surface area contributed by atoms with Crippen LogP contribution in [0, 0.1) is 0 Å². The molecule has 0 atom stereocenters. The van der Waals surface area contributed by atoms with E-state index in [1.54, 1.807) is 24.5 Å². The summed E-state index contributed by atoms with van der Waals surface area (Å²) in [6.07, 6.45) is 4.99. The molecule has 0 bridgehead atoms. The third-order valence-corrected chi connectivity index (χ3v) is 2.89. The monoisotopic (exact) mass is 256 g/mol. The first-order valence-electron chi connectivity index (χ1n) is 5.99. The SMILES string of the molecule is CC1=CN=C(C)C1=C(C)NNC(=O)c1ccncc1. The van der Waals surface area contributed by atoms with Gasteiger partial charge in [0.2, 0.25) is 0 Å². The van der Waals surface area contributed by atoms with Crippen molar-refractivity contribution < 1.29 is 4.79 Å². The fraction of sp³-hybridized carbons (Fsp3) is 0.214. The number of carbonyl (C=O) groups is 1. The molecule has 19 heavy (non-hydrogen) atoms. The number of aliphatic imine (C=N–C) groups is 1. The number of pyridine rings is 1. The quantitative estimate of drug-likeness (QED) is 0.812. The number of nitrogens with one attached hydrogen (secondary N) is 2. The van der Waals surface area contributed by atoms with E-state index in [4.69, 9.17) is 0 Å². The topological polar surface area (TPSA) is 66.4 Å². The molecule has 0 unspecified atom stereocenters. The maximum Gasteiger partial charge on any atom is 0.269 e. The van der Waals surface area contributed by atoms with Crippen LogP contribution in [0.1, 0.15) is 31.1 Å². The van der Waals surface area contributed by atoms with Crippen LogP contribution in [0.25, 0.3) is 0 Å². The number of amides is 1. The van der Waals surface area contributed by atoms with Crippen LogP contribution in [0.15, 0.2) is 52.6 Å². The van der Waals surface area contributed by atoms with Crippen molar-refractivity contribution in [2.24, 2.45) is 4.99 Å². The molecule has 5 nitrogen and oxygen atoms in total. The largest absolute Gasteiger partial charge is 0.302 e. The first-order valence-corrected chi connectivity index (χ1v) is 5.99. The molecule has 0 aliphatic carbocycles. The summed E-state index contributed by atoms with van der Waals surface area (Å²) >= 11 is 0. The Morgan fingerprint density at radius 3 is 2.42 bits per heavy atom. The van der Waals surface area contributed by atoms with Crippen LogP contribution >= 0.6 is 0 Å². The van der Waals surface area contributed by atoms with Crippen molar-refractivity contribution in [3.8, 4) is 0 Å². The van der Waals surface area contributed by atoms with Crippen molar-refractivity contribution in [3.63, 3.8) is 0 Å². The number of allylic oxidation sites excluding steroid dienone is 3. The first-order chi connectivity index (χ1) is 9.09. The van der Waals surface area contributed by atoms with E-state index in [-0.39, 0.29) is 5.91 Å². The Bertz CT molecular complexity index is 565. The normalized spacial score (nSPS) is 16.6. The minimum absolute atomic E-state index is 0.198. The third-order valence-electron chi connectivity index (χ3n) is 2.89. The smallest absolute Gasteiger partial charge is 0.269 e. The van der Waals surface area contributed by atoms with Crippen LogP contribution in [-0.2, 0) is 0 Å². The molecule has 2 rings (SSSR count). The van der Waals surface area contributed by atoms with Gasteiger partial charge in [-0.05, 0) is 38.5 Å². The summed E-state index contributed by atoms with van der Waals surface area (Å²) < 4.78 is 0. The second-order valence-corrected chi connectivity index (χ2v) is 4.34. The summed E-state index contributed by atoms with van der Waals surface area (Å²) in [6.45, 7) is 5.84. The lowest BCUT2D eigenvalue weighted by atomic mass is 10.1. The van der Waals surface area contributed by atoms with Crippen molar-refractivity contribution >= 4 is 11.6 Å². The van der Waals surface area contributed by atoms with Gasteiger partial charge in [0.05, 0.1) is 0 Å². The number of nitrogens with zero attached hydrogens (tertiary/aromatic N) is 2. The number of rotatable bonds is 3. The van der Waals surface area contributed by atoms with Crippen LogP contribution in [0.5, 0.6) is 0 Å². The van der Waals surface area contributed by atoms with Crippen LogP contribution in [0.3, 0.4) is 0 Å². The molecule has 0 fully saturated rings. The average Bonchev–Trinajstić information content (AvgIpc) is 2.76. The highest BCUT2D eigenvalue weighted by Crippen LogP contribution is 2.20. The number of aromatic nitrogens is 1. The molecular formula is C14H16N4O. The van der Waals surface area contributed by atoms with Crippen LogP contribution in [-0.4, -0.2) is 16.6 Å². The Labute approximate surface area is 112 Å². The van der Waals surface area contributed by atoms with E-state index in [2.05, 4.69) is 20.8 Å². The van der Waals surface area contributed by atoms with Gasteiger partial charge in [-0.1, -0.05) is 0 Å². The second-order valence-electron chi connectivity index (χ2n) is 4.34. The zero-order valence-corrected chi connectivity index (χ0v) is 11.2. The number of carbonyl (C=O) groups excluding carboxylic acids is 1. The standard InChI is InChI=1S/C14H16N4O/c1-9-8-16-10(2)13(9)11(3)17-18-14(19)12-4-6-15-7-5-12/h4-8,17H,1-3H3,(H,18,19). The molecule has 5 heteroatoms. The Morgan fingerprint density at radius 1 is 1.16 bits per heavy atom. The molecule has 1 aromatic heterocycles. The molecule has 1 aliphatic rings. The second kappa shape index (κ2) is 5.48. The van der Waals surface area contributed by atoms with Gasteiger partial charge in [0, 0.05) is 41.1 Å². The van der Waals surface area contributed by atoms with Gasteiger partial charge in [0.15, 0.2) is 0 Å². The lowest BCUT2D eigenvalue weighted by molar-refractivity contribution is 0.0938. The summed E-state index contributed by atoms with van der Waals surface area (Å²) in [5, 5.41) is 0. The van der Waals surface area contributed by atoms with Gasteiger partial charge in [-0.25, -0.2) is 0 Å². The number of hydrazine groups is 1. The molecule has 0 aromatic carbocycles. The fourth-order valence-electron chi connectivity index (χ4n) is 1.96. The van der Waals surface area contributed by atoms with Gasteiger partial charge >= 0.3 is 0 Å². The summed E-state index contributed by atoms with van der Waals surface area (Å²) in [7, 11) is 0. The molecule has 0 saturated heterocycles. The zero-order valence-electron chi connectivity index (χ0n) is 11.2. The maximum atomic E-state index is 11.9. The summed E-state index contributed by atoms with van der Waals surface area (Å²) in [5.41, 5.74) is 10.1. The predicted octanol–water partition coefficient (Wildman–Crippen LogP) is 1.97. The molecule has 2 N–H and O–H groups in total. The highest BCUT2D eigenvalue weighted by Gasteiger charge is 2.13. The first kappa shape index (κ1) is 13.0. The molecule has 0 saturated carbocycles. The van der Waals surface area contributed by atoms with E-state index in [1.807, 2.05) is 27.0 Å².